The van der Waals surface area contributed by atoms with Gasteiger partial charge in [-0.05, 0) is 37.6 Å². The van der Waals surface area contributed by atoms with Gasteiger partial charge in [-0.3, -0.25) is 0 Å². The van der Waals surface area contributed by atoms with E-state index in [1.165, 1.54) is 6.08 Å². The minimum absolute atomic E-state index is 0.315. The molecule has 5 heteroatoms. The molecule has 0 radical (unpaired) electrons. The van der Waals surface area contributed by atoms with Crippen LogP contribution in [0.25, 0.3) is 0 Å². The van der Waals surface area contributed by atoms with E-state index in [0.717, 1.165) is 18.5 Å². The van der Waals surface area contributed by atoms with Gasteiger partial charge in [-0.25, -0.2) is 4.79 Å². The summed E-state index contributed by atoms with van der Waals surface area (Å²) in [5.74, 6) is -0.315. The highest BCUT2D eigenvalue weighted by Crippen LogP contribution is 2.20. The molecule has 0 atom stereocenters. The zero-order valence-corrected chi connectivity index (χ0v) is 12.3. The third-order valence-electron chi connectivity index (χ3n) is 2.39. The summed E-state index contributed by atoms with van der Waals surface area (Å²) < 4.78 is 4.76. The zero-order valence-electron chi connectivity index (χ0n) is 10.8. The Morgan fingerprint density at radius 1 is 1.42 bits per heavy atom. The minimum Gasteiger partial charge on any atom is -0.463 e. The lowest BCUT2D eigenvalue weighted by Crippen LogP contribution is -2.17. The van der Waals surface area contributed by atoms with E-state index in [1.807, 2.05) is 12.1 Å². The Balaban J connectivity index is 2.22. The number of carbonyl (C=O) groups excluding carboxylic acids is 1. The highest BCUT2D eigenvalue weighted by molar-refractivity contribution is 6.35. The number of esters is 1. The molecule has 0 aliphatic rings. The Labute approximate surface area is 123 Å². The molecule has 0 aliphatic heterocycles. The first-order chi connectivity index (χ1) is 9.13. The minimum atomic E-state index is -0.315. The van der Waals surface area contributed by atoms with Crippen LogP contribution in [0.1, 0.15) is 12.5 Å². The fourth-order valence-corrected chi connectivity index (χ4v) is 1.98. The molecule has 0 unspecified atom stereocenters. The normalized spacial score (nSPS) is 10.9. The lowest BCUT2D eigenvalue weighted by Gasteiger charge is -2.05. The predicted octanol–water partition coefficient (Wildman–Crippen LogP) is 3.24. The summed E-state index contributed by atoms with van der Waals surface area (Å²) in [7, 11) is 0. The van der Waals surface area contributed by atoms with Gasteiger partial charge in [0.15, 0.2) is 0 Å². The van der Waals surface area contributed by atoms with Crippen molar-refractivity contribution in [3.05, 3.63) is 46.0 Å². The van der Waals surface area contributed by atoms with Gasteiger partial charge in [-0.2, -0.15) is 0 Å². The van der Waals surface area contributed by atoms with Crippen molar-refractivity contribution in [2.45, 2.75) is 13.3 Å². The number of nitrogens with one attached hydrogen (secondary N) is 1. The van der Waals surface area contributed by atoms with Crippen molar-refractivity contribution in [3.63, 3.8) is 0 Å². The first kappa shape index (κ1) is 16.0. The second kappa shape index (κ2) is 8.97. The summed E-state index contributed by atoms with van der Waals surface area (Å²) in [5.41, 5.74) is 1.05. The van der Waals surface area contributed by atoms with Crippen molar-refractivity contribution in [3.8, 4) is 0 Å². The van der Waals surface area contributed by atoms with Crippen molar-refractivity contribution in [1.29, 1.82) is 0 Å². The summed E-state index contributed by atoms with van der Waals surface area (Å²) in [6, 6.07) is 5.48. The van der Waals surface area contributed by atoms with Crippen molar-refractivity contribution in [1.82, 2.24) is 5.32 Å². The third-order valence-corrected chi connectivity index (χ3v) is 2.98. The van der Waals surface area contributed by atoms with Gasteiger partial charge in [0.1, 0.15) is 0 Å². The molecule has 0 bridgehead atoms. The van der Waals surface area contributed by atoms with Gasteiger partial charge in [0.2, 0.25) is 0 Å². The van der Waals surface area contributed by atoms with Gasteiger partial charge in [0.25, 0.3) is 0 Å². The molecular formula is C14H17Cl2NO2. The highest BCUT2D eigenvalue weighted by Gasteiger charge is 2.00. The number of rotatable bonds is 7. The summed E-state index contributed by atoms with van der Waals surface area (Å²) in [6.45, 7) is 3.56. The van der Waals surface area contributed by atoms with Crippen molar-refractivity contribution in [2.24, 2.45) is 0 Å². The van der Waals surface area contributed by atoms with Gasteiger partial charge in [0, 0.05) is 22.7 Å². The quantitative estimate of drug-likeness (QED) is 0.477. The van der Waals surface area contributed by atoms with E-state index in [4.69, 9.17) is 27.9 Å². The van der Waals surface area contributed by atoms with E-state index in [-0.39, 0.29) is 5.97 Å². The van der Waals surface area contributed by atoms with Crippen LogP contribution >= 0.6 is 23.2 Å². The molecule has 0 spiro atoms. The Morgan fingerprint density at radius 2 is 2.21 bits per heavy atom. The van der Waals surface area contributed by atoms with Crippen molar-refractivity contribution >= 4 is 29.2 Å². The van der Waals surface area contributed by atoms with E-state index in [0.29, 0.717) is 23.2 Å². The summed E-state index contributed by atoms with van der Waals surface area (Å²) >= 11 is 11.9. The molecule has 1 aromatic rings. The molecule has 0 saturated carbocycles. The highest BCUT2D eigenvalue weighted by atomic mass is 35.5. The Morgan fingerprint density at radius 3 is 2.89 bits per heavy atom. The topological polar surface area (TPSA) is 38.3 Å². The molecule has 0 amide bonds. The summed E-state index contributed by atoms with van der Waals surface area (Å²) in [6.07, 6.45) is 3.97. The van der Waals surface area contributed by atoms with Gasteiger partial charge in [-0.15, -0.1) is 0 Å². The van der Waals surface area contributed by atoms with Crippen LogP contribution in [0.5, 0.6) is 0 Å². The molecule has 1 aromatic carbocycles. The van der Waals surface area contributed by atoms with E-state index in [2.05, 4.69) is 5.32 Å². The van der Waals surface area contributed by atoms with Crippen LogP contribution in [0.15, 0.2) is 30.4 Å². The van der Waals surface area contributed by atoms with Crippen molar-refractivity contribution < 1.29 is 9.53 Å². The van der Waals surface area contributed by atoms with Crippen LogP contribution in [0.3, 0.4) is 0 Å². The maximum absolute atomic E-state index is 11.0. The maximum atomic E-state index is 11.0. The van der Waals surface area contributed by atoms with Crippen LogP contribution in [-0.2, 0) is 16.0 Å². The lowest BCUT2D eigenvalue weighted by atomic mass is 10.1. The fraction of sp³-hybridized carbons (Fsp3) is 0.357. The van der Waals surface area contributed by atoms with Crippen LogP contribution in [0.2, 0.25) is 10.0 Å². The molecule has 1 N–H and O–H groups in total. The van der Waals surface area contributed by atoms with E-state index in [9.17, 15) is 4.79 Å². The standard InChI is InChI=1S/C14H17Cl2NO2/c1-2-19-14(18)4-3-8-17-9-7-11-5-6-12(15)10-13(11)16/h3-6,10,17H,2,7-9H2,1H3/b4-3+. The average Bonchev–Trinajstić information content (AvgIpc) is 2.36. The Hall–Kier alpha value is -1.03. The average molecular weight is 302 g/mol. The second-order valence-electron chi connectivity index (χ2n) is 3.84. The largest absolute Gasteiger partial charge is 0.463 e. The smallest absolute Gasteiger partial charge is 0.330 e. The third kappa shape index (κ3) is 6.62. The van der Waals surface area contributed by atoms with Crippen LogP contribution in [-0.4, -0.2) is 25.7 Å². The molecule has 19 heavy (non-hydrogen) atoms. The van der Waals surface area contributed by atoms with Gasteiger partial charge < -0.3 is 10.1 Å². The molecule has 1 rings (SSSR count). The summed E-state index contributed by atoms with van der Waals surface area (Å²) in [4.78, 5) is 11.0. The Bertz CT molecular complexity index is 447. The molecule has 0 fully saturated rings. The van der Waals surface area contributed by atoms with E-state index >= 15 is 0 Å². The Kier molecular flexibility index (Phi) is 7.56. The molecular weight excluding hydrogens is 285 g/mol. The number of ether oxygens (including phenoxy) is 1. The van der Waals surface area contributed by atoms with Crippen LogP contribution < -0.4 is 5.32 Å². The SMILES string of the molecule is CCOC(=O)/C=C/CNCCc1ccc(Cl)cc1Cl. The van der Waals surface area contributed by atoms with Gasteiger partial charge in [-0.1, -0.05) is 35.3 Å². The fourth-order valence-electron chi connectivity index (χ4n) is 1.48. The monoisotopic (exact) mass is 301 g/mol. The van der Waals surface area contributed by atoms with Gasteiger partial charge >= 0.3 is 5.97 Å². The number of halogens is 2. The lowest BCUT2D eigenvalue weighted by molar-refractivity contribution is -0.137. The van der Waals surface area contributed by atoms with Crippen LogP contribution in [0, 0.1) is 0 Å². The van der Waals surface area contributed by atoms with E-state index < -0.39 is 0 Å². The molecule has 104 valence electrons. The number of hydrogen-bond donors (Lipinski definition) is 1. The maximum Gasteiger partial charge on any atom is 0.330 e. The molecule has 0 aromatic heterocycles. The first-order valence-corrected chi connectivity index (χ1v) is 6.87. The predicted molar refractivity (Wildman–Crippen MR) is 78.8 cm³/mol. The van der Waals surface area contributed by atoms with E-state index in [1.54, 1.807) is 19.1 Å². The molecule has 3 nitrogen and oxygen atoms in total. The second-order valence-corrected chi connectivity index (χ2v) is 4.69. The summed E-state index contributed by atoms with van der Waals surface area (Å²) in [5, 5.41) is 4.50. The zero-order chi connectivity index (χ0) is 14.1. The first-order valence-electron chi connectivity index (χ1n) is 6.11. The molecule has 0 aliphatic carbocycles. The molecule has 0 saturated heterocycles. The van der Waals surface area contributed by atoms with Crippen LogP contribution in [0.4, 0.5) is 0 Å². The van der Waals surface area contributed by atoms with Gasteiger partial charge in [0.05, 0.1) is 6.61 Å². The number of carbonyl (C=O) groups is 1. The van der Waals surface area contributed by atoms with Crippen molar-refractivity contribution in [2.75, 3.05) is 19.7 Å². The number of benzene rings is 1. The molecule has 0 heterocycles. The number of hydrogen-bond acceptors (Lipinski definition) is 3.